The fourth-order valence-electron chi connectivity index (χ4n) is 0.935. The van der Waals surface area contributed by atoms with Crippen LogP contribution in [0.15, 0.2) is 0 Å². The zero-order valence-corrected chi connectivity index (χ0v) is 10.1. The van der Waals surface area contributed by atoms with Gasteiger partial charge in [0.15, 0.2) is 0 Å². The van der Waals surface area contributed by atoms with Crippen LogP contribution in [0.3, 0.4) is 0 Å². The molecule has 0 bridgehead atoms. The third-order valence-electron chi connectivity index (χ3n) is 1.73. The lowest BCUT2D eigenvalue weighted by Gasteiger charge is -2.21. The van der Waals surface area contributed by atoms with Gasteiger partial charge in [-0.1, -0.05) is 44.2 Å². The molecular formula is C9H17NOS2. The molecular weight excluding hydrogens is 202 g/mol. The Morgan fingerprint density at radius 2 is 2.08 bits per heavy atom. The van der Waals surface area contributed by atoms with Gasteiger partial charge in [0.1, 0.15) is 4.32 Å². The molecule has 0 aromatic heterocycles. The number of amides is 1. The molecule has 0 fully saturated rings. The van der Waals surface area contributed by atoms with E-state index in [-0.39, 0.29) is 5.91 Å². The molecule has 0 aromatic carbocycles. The lowest BCUT2D eigenvalue weighted by atomic mass is 10.3. The van der Waals surface area contributed by atoms with Crippen molar-refractivity contribution in [2.24, 2.45) is 0 Å². The summed E-state index contributed by atoms with van der Waals surface area (Å²) in [5.41, 5.74) is 0. The van der Waals surface area contributed by atoms with Crippen LogP contribution in [-0.2, 0) is 4.79 Å². The Hall–Kier alpha value is -0.0900. The van der Waals surface area contributed by atoms with Gasteiger partial charge in [0.2, 0.25) is 5.91 Å². The van der Waals surface area contributed by atoms with Crippen molar-refractivity contribution in [3.05, 3.63) is 0 Å². The smallest absolute Gasteiger partial charge is 0.227 e. The van der Waals surface area contributed by atoms with E-state index >= 15 is 0 Å². The highest BCUT2D eigenvalue weighted by atomic mass is 32.2. The standard InChI is InChI=1S/C9H17NOS2/c1-4-6-7-10(8(11)5-2)9(12)13-3/h4-7H2,1-3H3. The molecule has 1 amide bonds. The van der Waals surface area contributed by atoms with Gasteiger partial charge in [0.25, 0.3) is 0 Å². The minimum absolute atomic E-state index is 0.132. The Labute approximate surface area is 90.1 Å². The van der Waals surface area contributed by atoms with E-state index in [0.717, 1.165) is 19.4 Å². The molecule has 0 aromatic rings. The van der Waals surface area contributed by atoms with E-state index in [1.54, 1.807) is 4.90 Å². The summed E-state index contributed by atoms with van der Waals surface area (Å²) in [5.74, 6) is 0.132. The lowest BCUT2D eigenvalue weighted by Crippen LogP contribution is -2.34. The quantitative estimate of drug-likeness (QED) is 0.678. The first-order valence-corrected chi connectivity index (χ1v) is 6.18. The second-order valence-electron chi connectivity index (χ2n) is 2.72. The van der Waals surface area contributed by atoms with Crippen LogP contribution in [0, 0.1) is 0 Å². The second-order valence-corrected chi connectivity index (χ2v) is 4.16. The molecule has 0 saturated heterocycles. The lowest BCUT2D eigenvalue weighted by molar-refractivity contribution is -0.126. The van der Waals surface area contributed by atoms with Gasteiger partial charge in [-0.05, 0) is 12.7 Å². The highest BCUT2D eigenvalue weighted by Crippen LogP contribution is 2.08. The molecule has 0 aliphatic rings. The van der Waals surface area contributed by atoms with E-state index in [0.29, 0.717) is 10.7 Å². The zero-order chi connectivity index (χ0) is 10.3. The van der Waals surface area contributed by atoms with Gasteiger partial charge in [-0.15, -0.1) is 0 Å². The molecule has 2 nitrogen and oxygen atoms in total. The number of unbranched alkanes of at least 4 members (excludes halogenated alkanes) is 1. The maximum atomic E-state index is 11.4. The molecule has 0 unspecified atom stereocenters. The van der Waals surface area contributed by atoms with Crippen LogP contribution in [0.1, 0.15) is 33.1 Å². The number of rotatable bonds is 4. The molecule has 13 heavy (non-hydrogen) atoms. The Balaban J connectivity index is 4.18. The van der Waals surface area contributed by atoms with E-state index in [1.165, 1.54) is 11.8 Å². The van der Waals surface area contributed by atoms with Crippen molar-refractivity contribution < 1.29 is 4.79 Å². The van der Waals surface area contributed by atoms with Gasteiger partial charge in [-0.3, -0.25) is 9.69 Å². The van der Waals surface area contributed by atoms with E-state index in [2.05, 4.69) is 6.92 Å². The molecule has 76 valence electrons. The van der Waals surface area contributed by atoms with Crippen LogP contribution in [0.25, 0.3) is 0 Å². The molecule has 0 heterocycles. The van der Waals surface area contributed by atoms with Crippen molar-refractivity contribution in [3.63, 3.8) is 0 Å². The third kappa shape index (κ3) is 4.62. The van der Waals surface area contributed by atoms with Crippen molar-refractivity contribution in [2.45, 2.75) is 33.1 Å². The summed E-state index contributed by atoms with van der Waals surface area (Å²) in [4.78, 5) is 13.2. The number of carbonyl (C=O) groups excluding carboxylic acids is 1. The van der Waals surface area contributed by atoms with Crippen molar-refractivity contribution in [2.75, 3.05) is 12.8 Å². The molecule has 0 atom stereocenters. The van der Waals surface area contributed by atoms with Crippen LogP contribution >= 0.6 is 24.0 Å². The average Bonchev–Trinajstić information content (AvgIpc) is 2.17. The summed E-state index contributed by atoms with van der Waals surface area (Å²) < 4.78 is 0.695. The number of carbonyl (C=O) groups is 1. The predicted molar refractivity (Wildman–Crippen MR) is 63.0 cm³/mol. The van der Waals surface area contributed by atoms with Gasteiger partial charge in [-0.25, -0.2) is 0 Å². The highest BCUT2D eigenvalue weighted by molar-refractivity contribution is 8.22. The topological polar surface area (TPSA) is 20.3 Å². The zero-order valence-electron chi connectivity index (χ0n) is 8.50. The molecule has 0 saturated carbocycles. The Bertz CT molecular complexity index is 166. The minimum Gasteiger partial charge on any atom is -0.298 e. The van der Waals surface area contributed by atoms with Crippen LogP contribution in [0.4, 0.5) is 0 Å². The second kappa shape index (κ2) is 7.33. The molecule has 0 radical (unpaired) electrons. The molecule has 0 aliphatic heterocycles. The summed E-state index contributed by atoms with van der Waals surface area (Å²) in [6, 6.07) is 0. The Kier molecular flexibility index (Phi) is 7.28. The van der Waals surface area contributed by atoms with Gasteiger partial charge in [0.05, 0.1) is 0 Å². The van der Waals surface area contributed by atoms with Crippen molar-refractivity contribution >= 4 is 34.2 Å². The minimum atomic E-state index is 0.132. The van der Waals surface area contributed by atoms with Crippen molar-refractivity contribution in [3.8, 4) is 0 Å². The number of hydrogen-bond donors (Lipinski definition) is 0. The van der Waals surface area contributed by atoms with E-state index in [9.17, 15) is 4.79 Å². The van der Waals surface area contributed by atoms with Crippen LogP contribution in [-0.4, -0.2) is 27.9 Å². The number of thioether (sulfide) groups is 1. The van der Waals surface area contributed by atoms with E-state index in [4.69, 9.17) is 12.2 Å². The fourth-order valence-corrected chi connectivity index (χ4v) is 1.54. The van der Waals surface area contributed by atoms with Gasteiger partial charge in [0, 0.05) is 13.0 Å². The molecule has 0 aliphatic carbocycles. The highest BCUT2D eigenvalue weighted by Gasteiger charge is 2.14. The van der Waals surface area contributed by atoms with E-state index in [1.807, 2.05) is 13.2 Å². The Morgan fingerprint density at radius 3 is 2.46 bits per heavy atom. The number of hydrogen-bond acceptors (Lipinski definition) is 3. The third-order valence-corrected chi connectivity index (χ3v) is 3.02. The monoisotopic (exact) mass is 219 g/mol. The predicted octanol–water partition coefficient (Wildman–Crippen LogP) is 2.67. The normalized spacial score (nSPS) is 9.77. The van der Waals surface area contributed by atoms with Gasteiger partial charge in [-0.2, -0.15) is 0 Å². The summed E-state index contributed by atoms with van der Waals surface area (Å²) in [6.07, 6.45) is 4.55. The molecule has 0 N–H and O–H groups in total. The average molecular weight is 219 g/mol. The van der Waals surface area contributed by atoms with Crippen LogP contribution in [0.5, 0.6) is 0 Å². The van der Waals surface area contributed by atoms with Gasteiger partial charge >= 0.3 is 0 Å². The first-order chi connectivity index (χ1) is 6.17. The summed E-state index contributed by atoms with van der Waals surface area (Å²) in [5, 5.41) is 0. The summed E-state index contributed by atoms with van der Waals surface area (Å²) >= 11 is 6.56. The first kappa shape index (κ1) is 12.9. The van der Waals surface area contributed by atoms with E-state index < -0.39 is 0 Å². The van der Waals surface area contributed by atoms with Crippen molar-refractivity contribution in [1.82, 2.24) is 4.90 Å². The maximum absolute atomic E-state index is 11.4. The van der Waals surface area contributed by atoms with Gasteiger partial charge < -0.3 is 0 Å². The van der Waals surface area contributed by atoms with Crippen LogP contribution in [0.2, 0.25) is 0 Å². The molecule has 4 heteroatoms. The number of nitrogens with zero attached hydrogens (tertiary/aromatic N) is 1. The SMILES string of the molecule is CCCCN(C(=O)CC)C(=S)SC. The molecule has 0 rings (SSSR count). The van der Waals surface area contributed by atoms with Crippen molar-refractivity contribution in [1.29, 1.82) is 0 Å². The summed E-state index contributed by atoms with van der Waals surface area (Å²) in [6.45, 7) is 4.74. The largest absolute Gasteiger partial charge is 0.298 e. The fraction of sp³-hybridized carbons (Fsp3) is 0.778. The maximum Gasteiger partial charge on any atom is 0.227 e. The first-order valence-electron chi connectivity index (χ1n) is 4.55. The molecule has 0 spiro atoms. The number of thiocarbonyl (C=S) groups is 1. The Morgan fingerprint density at radius 1 is 1.46 bits per heavy atom. The summed E-state index contributed by atoms with van der Waals surface area (Å²) in [7, 11) is 0. The van der Waals surface area contributed by atoms with Crippen LogP contribution < -0.4 is 0 Å².